The van der Waals surface area contributed by atoms with Gasteiger partial charge < -0.3 is 19.3 Å². The number of ether oxygens (including phenoxy) is 2. The first-order valence-electron chi connectivity index (χ1n) is 13.0. The van der Waals surface area contributed by atoms with E-state index in [1.165, 1.54) is 17.1 Å². The van der Waals surface area contributed by atoms with Crippen LogP contribution in [0, 0.1) is 19.8 Å². The van der Waals surface area contributed by atoms with Crippen LogP contribution in [-0.4, -0.2) is 119 Å². The second kappa shape index (κ2) is 11.3. The van der Waals surface area contributed by atoms with Gasteiger partial charge in [-0.3, -0.25) is 9.69 Å². The van der Waals surface area contributed by atoms with E-state index in [4.69, 9.17) is 9.47 Å². The first kappa shape index (κ1) is 27.3. The number of piperidine rings is 1. The highest BCUT2D eigenvalue weighted by Crippen LogP contribution is 2.35. The van der Waals surface area contributed by atoms with Crippen molar-refractivity contribution < 1.29 is 22.7 Å². The van der Waals surface area contributed by atoms with Gasteiger partial charge in [0, 0.05) is 38.8 Å². The predicted molar refractivity (Wildman–Crippen MR) is 139 cm³/mol. The van der Waals surface area contributed by atoms with Crippen LogP contribution in [0.15, 0.2) is 17.0 Å². The normalized spacial score (nSPS) is 24.0. The van der Waals surface area contributed by atoms with Gasteiger partial charge in [0.05, 0.1) is 18.6 Å². The molecule has 0 bridgehead atoms. The number of fused-ring (bicyclic) bond motifs is 1. The number of nitrogens with zero attached hydrogens (tertiary/aromatic N) is 4. The number of carbonyl (C=O) groups excluding carboxylic acids is 1. The molecule has 0 spiro atoms. The van der Waals surface area contributed by atoms with Crippen molar-refractivity contribution in [3.63, 3.8) is 0 Å². The number of rotatable bonds is 9. The summed E-state index contributed by atoms with van der Waals surface area (Å²) in [6.07, 6.45) is 3.58. The monoisotopic (exact) mass is 522 g/mol. The minimum atomic E-state index is -3.68. The highest BCUT2D eigenvalue weighted by molar-refractivity contribution is 7.89. The predicted octanol–water partition coefficient (Wildman–Crippen LogP) is 1.58. The lowest BCUT2D eigenvalue weighted by atomic mass is 10.0. The molecule has 0 radical (unpaired) electrons. The summed E-state index contributed by atoms with van der Waals surface area (Å²) in [6, 6.07) is 4.55. The van der Waals surface area contributed by atoms with E-state index in [2.05, 4.69) is 16.8 Å². The third kappa shape index (κ3) is 5.72. The minimum Gasteiger partial charge on any atom is -0.497 e. The Morgan fingerprint density at radius 1 is 1.08 bits per heavy atom. The standard InChI is InChI=1S/C26H42N4O5S/c1-19-14-23(34-5)15-20(2)26(19)36(32,33)28(4)12-13-35-18-25(31)29-16-21-6-11-30(24(21)17-29)22-7-9-27(3)10-8-22/h14-15,21-22,24H,6-13,16-18H2,1-5H3. The molecule has 1 aromatic rings. The SMILES string of the molecule is COc1cc(C)c(S(=O)(=O)N(C)CCOCC(=O)N2CC3CCN(C4CCN(C)CC4)C3C2)c(C)c1. The molecule has 3 aliphatic rings. The first-order chi connectivity index (χ1) is 17.1. The topological polar surface area (TPSA) is 82.6 Å². The Bertz CT molecular complexity index is 1020. The maximum atomic E-state index is 13.1. The number of hydrogen-bond donors (Lipinski definition) is 0. The van der Waals surface area contributed by atoms with Crippen molar-refractivity contribution in [2.24, 2.45) is 5.92 Å². The Hall–Kier alpha value is -1.72. The van der Waals surface area contributed by atoms with Gasteiger partial charge in [-0.25, -0.2) is 8.42 Å². The van der Waals surface area contributed by atoms with Crippen LogP contribution in [0.2, 0.25) is 0 Å². The van der Waals surface area contributed by atoms with Gasteiger partial charge in [-0.1, -0.05) is 0 Å². The van der Waals surface area contributed by atoms with E-state index in [9.17, 15) is 13.2 Å². The third-order valence-corrected chi connectivity index (χ3v) is 10.4. The fraction of sp³-hybridized carbons (Fsp3) is 0.731. The maximum absolute atomic E-state index is 13.1. The quantitative estimate of drug-likeness (QED) is 0.456. The molecule has 36 heavy (non-hydrogen) atoms. The summed E-state index contributed by atoms with van der Waals surface area (Å²) in [6.45, 7) is 8.90. The summed E-state index contributed by atoms with van der Waals surface area (Å²) >= 11 is 0. The molecule has 1 aromatic carbocycles. The molecule has 3 saturated heterocycles. The van der Waals surface area contributed by atoms with Crippen LogP contribution in [0.4, 0.5) is 0 Å². The van der Waals surface area contributed by atoms with Gasteiger partial charge in [-0.2, -0.15) is 4.31 Å². The molecule has 0 aromatic heterocycles. The van der Waals surface area contributed by atoms with E-state index >= 15 is 0 Å². The number of methoxy groups -OCH3 is 1. The fourth-order valence-corrected chi connectivity index (χ4v) is 7.69. The molecule has 2 unspecified atom stereocenters. The summed E-state index contributed by atoms with van der Waals surface area (Å²) in [5.74, 6) is 1.19. The number of amides is 1. The molecule has 0 N–H and O–H groups in total. The van der Waals surface area contributed by atoms with Crippen LogP contribution in [0.1, 0.15) is 30.4 Å². The van der Waals surface area contributed by atoms with E-state index in [0.29, 0.717) is 39.8 Å². The highest BCUT2D eigenvalue weighted by atomic mass is 32.2. The van der Waals surface area contributed by atoms with Gasteiger partial charge in [0.2, 0.25) is 15.9 Å². The van der Waals surface area contributed by atoms with Crippen LogP contribution < -0.4 is 4.74 Å². The second-order valence-corrected chi connectivity index (χ2v) is 12.6. The van der Waals surface area contributed by atoms with E-state index in [-0.39, 0.29) is 25.7 Å². The molecular formula is C26H42N4O5S. The number of likely N-dealkylation sites (tertiary alicyclic amines) is 3. The lowest BCUT2D eigenvalue weighted by molar-refractivity contribution is -0.135. The highest BCUT2D eigenvalue weighted by Gasteiger charge is 2.45. The largest absolute Gasteiger partial charge is 0.497 e. The summed E-state index contributed by atoms with van der Waals surface area (Å²) in [5.41, 5.74) is 1.28. The maximum Gasteiger partial charge on any atom is 0.248 e. The van der Waals surface area contributed by atoms with Gasteiger partial charge >= 0.3 is 0 Å². The van der Waals surface area contributed by atoms with Crippen LogP contribution in [0.5, 0.6) is 5.75 Å². The molecule has 202 valence electrons. The van der Waals surface area contributed by atoms with Crippen molar-refractivity contribution in [1.29, 1.82) is 0 Å². The van der Waals surface area contributed by atoms with E-state index in [1.807, 2.05) is 4.90 Å². The van der Waals surface area contributed by atoms with Crippen molar-refractivity contribution in [1.82, 2.24) is 19.0 Å². The molecular weight excluding hydrogens is 480 g/mol. The number of likely N-dealkylation sites (N-methyl/N-ethyl adjacent to an activating group) is 1. The Labute approximate surface area is 216 Å². The van der Waals surface area contributed by atoms with Crippen molar-refractivity contribution in [2.45, 2.75) is 50.1 Å². The zero-order valence-corrected chi connectivity index (χ0v) is 23.2. The van der Waals surface area contributed by atoms with Gasteiger partial charge in [-0.05, 0) is 89.0 Å². The van der Waals surface area contributed by atoms with Crippen molar-refractivity contribution in [2.75, 3.05) is 73.7 Å². The molecule has 9 nitrogen and oxygen atoms in total. The lowest BCUT2D eigenvalue weighted by Crippen LogP contribution is -2.48. The number of hydrogen-bond acceptors (Lipinski definition) is 7. The Kier molecular flexibility index (Phi) is 8.61. The number of sulfonamides is 1. The van der Waals surface area contributed by atoms with Crippen LogP contribution in [0.3, 0.4) is 0 Å². The molecule has 4 rings (SSSR count). The lowest BCUT2D eigenvalue weighted by Gasteiger charge is -2.38. The van der Waals surface area contributed by atoms with Crippen molar-refractivity contribution in [3.05, 3.63) is 23.3 Å². The molecule has 3 heterocycles. The summed E-state index contributed by atoms with van der Waals surface area (Å²) in [7, 11) is 1.62. The summed E-state index contributed by atoms with van der Waals surface area (Å²) in [5, 5.41) is 0. The van der Waals surface area contributed by atoms with Gasteiger partial charge in [0.1, 0.15) is 12.4 Å². The van der Waals surface area contributed by atoms with Gasteiger partial charge in [-0.15, -0.1) is 0 Å². The average molecular weight is 523 g/mol. The Balaban J connectivity index is 1.24. The van der Waals surface area contributed by atoms with E-state index in [0.717, 1.165) is 39.1 Å². The van der Waals surface area contributed by atoms with Crippen LogP contribution >= 0.6 is 0 Å². The second-order valence-electron chi connectivity index (χ2n) is 10.7. The summed E-state index contributed by atoms with van der Waals surface area (Å²) < 4.78 is 38.5. The first-order valence-corrected chi connectivity index (χ1v) is 14.5. The Morgan fingerprint density at radius 3 is 2.39 bits per heavy atom. The number of benzene rings is 1. The van der Waals surface area contributed by atoms with Gasteiger partial charge in [0.25, 0.3) is 0 Å². The zero-order valence-electron chi connectivity index (χ0n) is 22.4. The Morgan fingerprint density at radius 2 is 1.75 bits per heavy atom. The summed E-state index contributed by atoms with van der Waals surface area (Å²) in [4.78, 5) is 20.1. The molecule has 0 aliphatic carbocycles. The van der Waals surface area contributed by atoms with Crippen molar-refractivity contribution in [3.8, 4) is 5.75 Å². The fourth-order valence-electron chi connectivity index (χ4n) is 6.13. The third-order valence-electron chi connectivity index (χ3n) is 8.21. The number of carbonyl (C=O) groups is 1. The molecule has 3 fully saturated rings. The van der Waals surface area contributed by atoms with Crippen molar-refractivity contribution >= 4 is 15.9 Å². The van der Waals surface area contributed by atoms with Crippen LogP contribution in [0.25, 0.3) is 0 Å². The number of aryl methyl sites for hydroxylation is 2. The van der Waals surface area contributed by atoms with E-state index in [1.54, 1.807) is 40.1 Å². The van der Waals surface area contributed by atoms with Crippen LogP contribution in [-0.2, 0) is 19.6 Å². The molecule has 2 atom stereocenters. The molecule has 0 saturated carbocycles. The smallest absolute Gasteiger partial charge is 0.248 e. The van der Waals surface area contributed by atoms with E-state index < -0.39 is 10.0 Å². The minimum absolute atomic E-state index is 0.0000750. The average Bonchev–Trinajstić information content (AvgIpc) is 3.42. The molecule has 10 heteroatoms. The molecule has 1 amide bonds. The molecule has 3 aliphatic heterocycles. The zero-order chi connectivity index (χ0) is 26.0. The van der Waals surface area contributed by atoms with Gasteiger partial charge in [0.15, 0.2) is 0 Å².